The zero-order chi connectivity index (χ0) is 19.4. The van der Waals surface area contributed by atoms with Crippen LogP contribution >= 0.6 is 0 Å². The van der Waals surface area contributed by atoms with E-state index in [-0.39, 0.29) is 23.8 Å². The summed E-state index contributed by atoms with van der Waals surface area (Å²) in [5.41, 5.74) is 1.95. The Kier molecular flexibility index (Phi) is 5.54. The number of hydrogen-bond donors (Lipinski definition) is 1. The van der Waals surface area contributed by atoms with Crippen molar-refractivity contribution in [1.82, 2.24) is 4.90 Å². The molecule has 0 spiro atoms. The van der Waals surface area contributed by atoms with Crippen molar-refractivity contribution in [2.45, 2.75) is 18.9 Å². The van der Waals surface area contributed by atoms with Gasteiger partial charge in [-0.2, -0.15) is 0 Å². The van der Waals surface area contributed by atoms with Gasteiger partial charge in [0.2, 0.25) is 11.8 Å². The Bertz CT molecular complexity index is 833. The highest BCUT2D eigenvalue weighted by molar-refractivity contribution is 5.95. The molecule has 2 amide bonds. The maximum atomic E-state index is 12.9. The standard InChI is InChI=1S/C21H22N2O4/c1-23-18(24)13-12-17(19(23)14-6-4-3-5-7-14)20(25)22-16-10-8-15(9-11-16)21(26)27-2/h3-11,17,19H,12-13H2,1-2H3,(H,22,25)/t17-,19-/m0/s1. The van der Waals surface area contributed by atoms with Crippen LogP contribution in [0.15, 0.2) is 54.6 Å². The number of nitrogens with one attached hydrogen (secondary N) is 1. The van der Waals surface area contributed by atoms with Crippen LogP contribution in [-0.4, -0.2) is 36.8 Å². The molecule has 0 unspecified atom stereocenters. The average molecular weight is 366 g/mol. The molecule has 140 valence electrons. The maximum Gasteiger partial charge on any atom is 0.337 e. The van der Waals surface area contributed by atoms with E-state index in [0.29, 0.717) is 24.1 Å². The lowest BCUT2D eigenvalue weighted by Gasteiger charge is -2.38. The molecule has 6 heteroatoms. The van der Waals surface area contributed by atoms with Gasteiger partial charge >= 0.3 is 5.97 Å². The van der Waals surface area contributed by atoms with Crippen LogP contribution in [0.1, 0.15) is 34.8 Å². The van der Waals surface area contributed by atoms with Gasteiger partial charge in [0, 0.05) is 19.2 Å². The van der Waals surface area contributed by atoms with E-state index in [0.717, 1.165) is 5.56 Å². The van der Waals surface area contributed by atoms with E-state index in [2.05, 4.69) is 10.1 Å². The van der Waals surface area contributed by atoms with Crippen LogP contribution in [0.4, 0.5) is 5.69 Å². The summed E-state index contributed by atoms with van der Waals surface area (Å²) in [6.45, 7) is 0. The van der Waals surface area contributed by atoms with Crippen molar-refractivity contribution in [3.05, 3.63) is 65.7 Å². The number of carbonyl (C=O) groups is 3. The molecule has 0 bridgehead atoms. The van der Waals surface area contributed by atoms with E-state index in [4.69, 9.17) is 0 Å². The minimum absolute atomic E-state index is 0.0373. The van der Waals surface area contributed by atoms with Gasteiger partial charge in [-0.05, 0) is 36.2 Å². The highest BCUT2D eigenvalue weighted by Gasteiger charge is 2.38. The molecule has 1 aliphatic heterocycles. The number of benzene rings is 2. The predicted octanol–water partition coefficient (Wildman–Crippen LogP) is 3.02. The van der Waals surface area contributed by atoms with Crippen LogP contribution in [0.3, 0.4) is 0 Å². The van der Waals surface area contributed by atoms with Crippen molar-refractivity contribution in [3.8, 4) is 0 Å². The van der Waals surface area contributed by atoms with Gasteiger partial charge in [0.05, 0.1) is 24.6 Å². The number of amides is 2. The topological polar surface area (TPSA) is 75.7 Å². The highest BCUT2D eigenvalue weighted by Crippen LogP contribution is 2.36. The summed E-state index contributed by atoms with van der Waals surface area (Å²) in [5, 5.41) is 2.90. The molecular formula is C21H22N2O4. The Morgan fingerprint density at radius 3 is 2.37 bits per heavy atom. The normalized spacial score (nSPS) is 19.5. The third-order valence-corrected chi connectivity index (χ3v) is 4.91. The van der Waals surface area contributed by atoms with Crippen molar-refractivity contribution in [2.24, 2.45) is 5.92 Å². The van der Waals surface area contributed by atoms with Gasteiger partial charge in [0.15, 0.2) is 0 Å². The van der Waals surface area contributed by atoms with Crippen LogP contribution in [0.2, 0.25) is 0 Å². The summed E-state index contributed by atoms with van der Waals surface area (Å²) in [6.07, 6.45) is 0.841. The molecule has 1 heterocycles. The minimum Gasteiger partial charge on any atom is -0.465 e. The van der Waals surface area contributed by atoms with Gasteiger partial charge in [-0.15, -0.1) is 0 Å². The fourth-order valence-corrected chi connectivity index (χ4v) is 3.46. The Labute approximate surface area is 158 Å². The highest BCUT2D eigenvalue weighted by atomic mass is 16.5. The third-order valence-electron chi connectivity index (χ3n) is 4.91. The maximum absolute atomic E-state index is 12.9. The van der Waals surface area contributed by atoms with E-state index < -0.39 is 5.97 Å². The molecule has 2 atom stereocenters. The largest absolute Gasteiger partial charge is 0.465 e. The second-order valence-corrected chi connectivity index (χ2v) is 6.56. The van der Waals surface area contributed by atoms with Crippen molar-refractivity contribution in [1.29, 1.82) is 0 Å². The van der Waals surface area contributed by atoms with E-state index in [9.17, 15) is 14.4 Å². The van der Waals surface area contributed by atoms with Gasteiger partial charge in [-0.25, -0.2) is 4.79 Å². The van der Waals surface area contributed by atoms with Gasteiger partial charge in [-0.3, -0.25) is 9.59 Å². The monoisotopic (exact) mass is 366 g/mol. The Hall–Kier alpha value is -3.15. The predicted molar refractivity (Wildman–Crippen MR) is 101 cm³/mol. The molecule has 1 saturated heterocycles. The van der Waals surface area contributed by atoms with Crippen molar-refractivity contribution >= 4 is 23.5 Å². The van der Waals surface area contributed by atoms with Gasteiger partial charge in [0.1, 0.15) is 0 Å². The lowest BCUT2D eigenvalue weighted by Crippen LogP contribution is -2.44. The van der Waals surface area contributed by atoms with Gasteiger partial charge < -0.3 is 15.0 Å². The molecule has 0 aliphatic carbocycles. The smallest absolute Gasteiger partial charge is 0.337 e. The Balaban J connectivity index is 1.79. The van der Waals surface area contributed by atoms with Crippen LogP contribution in [-0.2, 0) is 14.3 Å². The molecule has 0 saturated carbocycles. The number of likely N-dealkylation sites (tertiary alicyclic amines) is 1. The van der Waals surface area contributed by atoms with Crippen molar-refractivity contribution in [2.75, 3.05) is 19.5 Å². The van der Waals surface area contributed by atoms with E-state index in [1.54, 1.807) is 36.2 Å². The molecule has 0 radical (unpaired) electrons. The van der Waals surface area contributed by atoms with Crippen LogP contribution in [0.25, 0.3) is 0 Å². The third kappa shape index (κ3) is 4.00. The first-order valence-electron chi connectivity index (χ1n) is 8.81. The average Bonchev–Trinajstić information content (AvgIpc) is 2.70. The van der Waals surface area contributed by atoms with Crippen LogP contribution in [0, 0.1) is 5.92 Å². The molecule has 2 aromatic rings. The summed E-state index contributed by atoms with van der Waals surface area (Å²) in [6, 6.07) is 15.8. The molecule has 1 aliphatic rings. The molecule has 3 rings (SSSR count). The molecular weight excluding hydrogens is 344 g/mol. The first-order valence-corrected chi connectivity index (χ1v) is 8.81. The van der Waals surface area contributed by atoms with Crippen molar-refractivity contribution in [3.63, 3.8) is 0 Å². The summed E-state index contributed by atoms with van der Waals surface area (Å²) in [7, 11) is 3.06. The number of anilines is 1. The first kappa shape index (κ1) is 18.6. The number of hydrogen-bond acceptors (Lipinski definition) is 4. The van der Waals surface area contributed by atoms with E-state index in [1.807, 2.05) is 30.3 Å². The second-order valence-electron chi connectivity index (χ2n) is 6.56. The molecule has 6 nitrogen and oxygen atoms in total. The number of esters is 1. The number of rotatable bonds is 4. The molecule has 1 fully saturated rings. The number of piperidine rings is 1. The molecule has 1 N–H and O–H groups in total. The molecule has 2 aromatic carbocycles. The van der Waals surface area contributed by atoms with Crippen molar-refractivity contribution < 1.29 is 19.1 Å². The summed E-state index contributed by atoms with van der Waals surface area (Å²) < 4.78 is 4.67. The Morgan fingerprint density at radius 2 is 1.74 bits per heavy atom. The van der Waals surface area contributed by atoms with E-state index >= 15 is 0 Å². The van der Waals surface area contributed by atoms with Gasteiger partial charge in [0.25, 0.3) is 0 Å². The SMILES string of the molecule is COC(=O)c1ccc(NC(=O)[C@H]2CCC(=O)N(C)[C@H]2c2ccccc2)cc1. The fourth-order valence-electron chi connectivity index (χ4n) is 3.46. The second kappa shape index (κ2) is 8.03. The fraction of sp³-hybridized carbons (Fsp3) is 0.286. The number of ether oxygens (including phenoxy) is 1. The molecule has 0 aromatic heterocycles. The minimum atomic E-state index is -0.426. The number of methoxy groups -OCH3 is 1. The Morgan fingerprint density at radius 1 is 1.07 bits per heavy atom. The zero-order valence-electron chi connectivity index (χ0n) is 15.3. The summed E-state index contributed by atoms with van der Waals surface area (Å²) in [4.78, 5) is 38.3. The van der Waals surface area contributed by atoms with Crippen LogP contribution in [0.5, 0.6) is 0 Å². The van der Waals surface area contributed by atoms with Gasteiger partial charge in [-0.1, -0.05) is 30.3 Å². The zero-order valence-corrected chi connectivity index (χ0v) is 15.3. The summed E-state index contributed by atoms with van der Waals surface area (Å²) >= 11 is 0. The van der Waals surface area contributed by atoms with Crippen LogP contribution < -0.4 is 5.32 Å². The lowest BCUT2D eigenvalue weighted by atomic mass is 9.84. The summed E-state index contributed by atoms with van der Waals surface area (Å²) in [5.74, 6) is -0.885. The number of carbonyl (C=O) groups excluding carboxylic acids is 3. The quantitative estimate of drug-likeness (QED) is 0.844. The first-order chi connectivity index (χ1) is 13.0. The van der Waals surface area contributed by atoms with E-state index in [1.165, 1.54) is 7.11 Å². The number of nitrogens with zero attached hydrogens (tertiary/aromatic N) is 1. The lowest BCUT2D eigenvalue weighted by molar-refractivity contribution is -0.140. The molecule has 27 heavy (non-hydrogen) atoms.